The van der Waals surface area contributed by atoms with Crippen LogP contribution in [0.2, 0.25) is 0 Å². The molecule has 0 bridgehead atoms. The first-order valence-corrected chi connectivity index (χ1v) is 10.7. The zero-order chi connectivity index (χ0) is 26.8. The van der Waals surface area contributed by atoms with E-state index in [1.165, 1.54) is 32.4 Å². The predicted octanol–water partition coefficient (Wildman–Crippen LogP) is 6.98. The molecule has 10 heteroatoms. The Balaban J connectivity index is 1.94. The van der Waals surface area contributed by atoms with Crippen molar-refractivity contribution in [2.45, 2.75) is 49.1 Å². The number of allylic oxidation sites excluding steroid dienone is 1. The van der Waals surface area contributed by atoms with E-state index in [-0.39, 0.29) is 28.4 Å². The van der Waals surface area contributed by atoms with Crippen LogP contribution in [-0.4, -0.2) is 32.0 Å². The molecular formula is C26H21F7O3. The predicted molar refractivity (Wildman–Crippen MR) is 117 cm³/mol. The van der Waals surface area contributed by atoms with Gasteiger partial charge < -0.3 is 14.2 Å². The van der Waals surface area contributed by atoms with Crippen molar-refractivity contribution in [2.75, 3.05) is 14.2 Å². The zero-order valence-corrected chi connectivity index (χ0v) is 19.6. The van der Waals surface area contributed by atoms with Crippen molar-refractivity contribution < 1.29 is 44.9 Å². The Labute approximate surface area is 202 Å². The molecule has 0 spiro atoms. The van der Waals surface area contributed by atoms with Crippen LogP contribution in [0, 0.1) is 12.3 Å². The fourth-order valence-corrected chi connectivity index (χ4v) is 4.47. The number of methoxy groups -OCH3 is 2. The van der Waals surface area contributed by atoms with E-state index in [0.717, 1.165) is 6.07 Å². The van der Waals surface area contributed by atoms with E-state index in [4.69, 9.17) is 20.6 Å². The molecule has 36 heavy (non-hydrogen) atoms. The van der Waals surface area contributed by atoms with Crippen LogP contribution in [0.1, 0.15) is 42.6 Å². The molecular weight excluding hydrogens is 493 g/mol. The quantitative estimate of drug-likeness (QED) is 0.319. The molecule has 2 unspecified atom stereocenters. The minimum atomic E-state index is -5.98. The summed E-state index contributed by atoms with van der Waals surface area (Å²) < 4.78 is 117. The summed E-state index contributed by atoms with van der Waals surface area (Å²) in [5, 5.41) is 0. The molecule has 1 aliphatic heterocycles. The van der Waals surface area contributed by atoms with Crippen molar-refractivity contribution in [3.8, 4) is 29.6 Å². The Hall–Kier alpha value is -3.35. The highest BCUT2D eigenvalue weighted by Gasteiger charge is 2.82. The molecule has 2 aromatic carbocycles. The molecule has 0 saturated heterocycles. The minimum Gasteiger partial charge on any atom is -0.493 e. The molecule has 1 aliphatic carbocycles. The van der Waals surface area contributed by atoms with E-state index in [1.807, 2.05) is 0 Å². The van der Waals surface area contributed by atoms with Gasteiger partial charge in [-0.25, -0.2) is 4.39 Å². The second-order valence-corrected chi connectivity index (χ2v) is 9.10. The summed E-state index contributed by atoms with van der Waals surface area (Å²) in [6.07, 6.45) is 3.99. The number of terminal acetylenes is 1. The van der Waals surface area contributed by atoms with Gasteiger partial charge in [0.1, 0.15) is 11.9 Å². The molecule has 3 nitrogen and oxygen atoms in total. The van der Waals surface area contributed by atoms with Gasteiger partial charge in [-0.3, -0.25) is 0 Å². The van der Waals surface area contributed by atoms with Crippen LogP contribution in [0.3, 0.4) is 0 Å². The molecule has 192 valence electrons. The molecule has 0 N–H and O–H groups in total. The molecule has 2 aromatic rings. The van der Waals surface area contributed by atoms with Gasteiger partial charge in [-0.1, -0.05) is 30.2 Å². The number of alkyl halides is 6. The third-order valence-corrected chi connectivity index (χ3v) is 6.68. The maximum absolute atomic E-state index is 14.9. The molecule has 2 aliphatic rings. The number of halogens is 7. The van der Waals surface area contributed by atoms with Crippen LogP contribution in [0.4, 0.5) is 30.7 Å². The van der Waals surface area contributed by atoms with Crippen molar-refractivity contribution in [2.24, 2.45) is 0 Å². The summed E-state index contributed by atoms with van der Waals surface area (Å²) in [6, 6.07) is 8.38. The lowest BCUT2D eigenvalue weighted by Crippen LogP contribution is -2.49. The maximum atomic E-state index is 14.9. The van der Waals surface area contributed by atoms with Gasteiger partial charge >= 0.3 is 17.8 Å². The second-order valence-electron chi connectivity index (χ2n) is 9.10. The first kappa shape index (κ1) is 25.7. The van der Waals surface area contributed by atoms with Crippen LogP contribution in [-0.2, 0) is 5.41 Å². The average Bonchev–Trinajstić information content (AvgIpc) is 3.23. The van der Waals surface area contributed by atoms with Crippen molar-refractivity contribution in [1.82, 2.24) is 0 Å². The fraction of sp³-hybridized carbons (Fsp3) is 0.385. The van der Waals surface area contributed by atoms with E-state index < -0.39 is 46.6 Å². The number of rotatable bonds is 5. The van der Waals surface area contributed by atoms with Crippen LogP contribution >= 0.6 is 0 Å². The molecule has 0 saturated carbocycles. The van der Waals surface area contributed by atoms with E-state index in [2.05, 4.69) is 5.92 Å². The minimum absolute atomic E-state index is 0.0162. The third-order valence-electron chi connectivity index (χ3n) is 6.68. The number of hydrogen-bond donors (Lipinski definition) is 0. The second kappa shape index (κ2) is 8.08. The van der Waals surface area contributed by atoms with Gasteiger partial charge in [-0.15, -0.1) is 6.42 Å². The van der Waals surface area contributed by atoms with Gasteiger partial charge in [0.2, 0.25) is 0 Å². The molecule has 0 fully saturated rings. The van der Waals surface area contributed by atoms with Gasteiger partial charge in [0.15, 0.2) is 17.3 Å². The molecule has 0 radical (unpaired) electrons. The van der Waals surface area contributed by atoms with Crippen molar-refractivity contribution >= 4 is 0 Å². The number of ether oxygens (including phenoxy) is 3. The zero-order valence-electron chi connectivity index (χ0n) is 19.6. The van der Waals surface area contributed by atoms with Gasteiger partial charge in [0.05, 0.1) is 31.1 Å². The van der Waals surface area contributed by atoms with Crippen LogP contribution in [0.5, 0.6) is 17.2 Å². The van der Waals surface area contributed by atoms with Gasteiger partial charge in [-0.05, 0) is 31.0 Å². The Kier molecular flexibility index (Phi) is 5.78. The van der Waals surface area contributed by atoms with Gasteiger partial charge in [0.25, 0.3) is 0 Å². The maximum Gasteiger partial charge on any atom is 0.382 e. The summed E-state index contributed by atoms with van der Waals surface area (Å²) in [6.45, 7) is 3.52. The summed E-state index contributed by atoms with van der Waals surface area (Å²) in [4.78, 5) is 0. The highest BCUT2D eigenvalue weighted by atomic mass is 19.3. The monoisotopic (exact) mass is 514 g/mol. The van der Waals surface area contributed by atoms with E-state index in [0.29, 0.717) is 5.56 Å². The lowest BCUT2D eigenvalue weighted by molar-refractivity contribution is -0.269. The fourth-order valence-electron chi connectivity index (χ4n) is 4.47. The number of hydrogen-bond acceptors (Lipinski definition) is 3. The summed E-state index contributed by atoms with van der Waals surface area (Å²) in [5.74, 6) is -19.6. The van der Waals surface area contributed by atoms with Crippen molar-refractivity contribution in [3.63, 3.8) is 0 Å². The first-order valence-electron chi connectivity index (χ1n) is 10.7. The number of fused-ring (bicyclic) bond motifs is 1. The molecule has 0 aromatic heterocycles. The smallest absolute Gasteiger partial charge is 0.382 e. The van der Waals surface area contributed by atoms with Gasteiger partial charge in [-0.2, -0.15) is 26.3 Å². The SMILES string of the molecule is C#CC(C)(C)c1ccc(C2Oc3cc(OC)c(OC)cc3C2C2=C(F)C(F)(F)C(F)(F)C2(F)F)cc1. The normalized spacial score (nSPS) is 23.6. The Morgan fingerprint density at radius 3 is 1.94 bits per heavy atom. The van der Waals surface area contributed by atoms with Crippen LogP contribution in [0.25, 0.3) is 0 Å². The van der Waals surface area contributed by atoms with E-state index >= 15 is 0 Å². The van der Waals surface area contributed by atoms with Crippen LogP contribution in [0.15, 0.2) is 47.8 Å². The average molecular weight is 514 g/mol. The number of benzene rings is 2. The van der Waals surface area contributed by atoms with Crippen LogP contribution < -0.4 is 14.2 Å². The third kappa shape index (κ3) is 3.35. The highest BCUT2D eigenvalue weighted by Crippen LogP contribution is 2.66. The van der Waals surface area contributed by atoms with E-state index in [1.54, 1.807) is 26.0 Å². The molecule has 1 heterocycles. The lowest BCUT2D eigenvalue weighted by Gasteiger charge is -2.28. The van der Waals surface area contributed by atoms with Crippen molar-refractivity contribution in [1.29, 1.82) is 0 Å². The highest BCUT2D eigenvalue weighted by molar-refractivity contribution is 5.59. The van der Waals surface area contributed by atoms with Gasteiger partial charge in [0, 0.05) is 11.6 Å². The summed E-state index contributed by atoms with van der Waals surface area (Å²) in [5.41, 5.74) is -2.15. The summed E-state index contributed by atoms with van der Waals surface area (Å²) in [7, 11) is 2.51. The largest absolute Gasteiger partial charge is 0.493 e. The first-order chi connectivity index (χ1) is 16.7. The lowest BCUT2D eigenvalue weighted by atomic mass is 9.81. The standard InChI is InChI=1S/C26H21F7O3/c1-6-23(2,3)14-9-7-13(8-10-14)21-19(15-11-17(34-4)18(35-5)12-16(15)36-21)20-22(27)25(30,31)26(32,33)24(20,28)29/h1,7-12,19,21H,2-5H3. The Bertz CT molecular complexity index is 1270. The molecule has 4 rings (SSSR count). The Morgan fingerprint density at radius 2 is 1.47 bits per heavy atom. The summed E-state index contributed by atoms with van der Waals surface area (Å²) >= 11 is 0. The molecule has 2 atom stereocenters. The van der Waals surface area contributed by atoms with Crippen molar-refractivity contribution in [3.05, 3.63) is 64.5 Å². The Morgan fingerprint density at radius 1 is 0.917 bits per heavy atom. The molecule has 0 amide bonds. The van der Waals surface area contributed by atoms with E-state index in [9.17, 15) is 30.7 Å². The topological polar surface area (TPSA) is 27.7 Å².